The first kappa shape index (κ1) is 43.4. The van der Waals surface area contributed by atoms with Gasteiger partial charge in [0, 0.05) is 96.3 Å². The molecule has 15 heteroatoms. The highest BCUT2D eigenvalue weighted by atomic mass is 32.2. The summed E-state index contributed by atoms with van der Waals surface area (Å²) < 4.78 is 28.9. The number of anilines is 1. The number of nitrogens with zero attached hydrogens (tertiary/aromatic N) is 3. The number of hydrogen-bond donors (Lipinski definition) is 2. The van der Waals surface area contributed by atoms with Crippen molar-refractivity contribution in [3.63, 3.8) is 0 Å². The maximum atomic E-state index is 15.4. The number of nitrogens with one attached hydrogen (secondary N) is 1. The summed E-state index contributed by atoms with van der Waals surface area (Å²) in [5.41, 5.74) is 2.46. The molecule has 0 amide bonds. The zero-order valence-corrected chi connectivity index (χ0v) is 38.2. The molecule has 6 aliphatic rings. The molecule has 9 atom stereocenters. The molecule has 1 aliphatic carbocycles. The van der Waals surface area contributed by atoms with Crippen LogP contribution in [-0.2, 0) is 55.5 Å². The van der Waals surface area contributed by atoms with Gasteiger partial charge in [0.2, 0.25) is 5.60 Å². The molecular weight excluding hydrogens is 825 g/mol. The summed E-state index contributed by atoms with van der Waals surface area (Å²) in [5.74, 6) is -2.19. The monoisotopic (exact) mass is 882 g/mol. The molecule has 2 bridgehead atoms. The fourth-order valence-electron chi connectivity index (χ4n) is 12.9. The molecule has 3 aromatic rings. The van der Waals surface area contributed by atoms with E-state index in [0.29, 0.717) is 55.9 Å². The number of ether oxygens (including phenoxy) is 5. The number of aromatic amines is 1. The molecule has 336 valence electrons. The van der Waals surface area contributed by atoms with E-state index in [1.807, 2.05) is 37.1 Å². The lowest BCUT2D eigenvalue weighted by molar-refractivity contribution is -0.212. The summed E-state index contributed by atoms with van der Waals surface area (Å²) in [5, 5.41) is 14.2. The Morgan fingerprint density at radius 3 is 2.43 bits per heavy atom. The number of hydrogen-bond acceptors (Lipinski definition) is 14. The van der Waals surface area contributed by atoms with Gasteiger partial charge in [-0.25, -0.2) is 4.79 Å². The molecule has 1 spiro atoms. The maximum Gasteiger partial charge on any atom is 0.344 e. The highest BCUT2D eigenvalue weighted by Gasteiger charge is 2.77. The van der Waals surface area contributed by atoms with Crippen LogP contribution in [0.5, 0.6) is 5.75 Å². The van der Waals surface area contributed by atoms with E-state index in [-0.39, 0.29) is 23.7 Å². The Hall–Kier alpha value is -4.83. The van der Waals surface area contributed by atoms with Crippen LogP contribution in [0.4, 0.5) is 5.69 Å². The average Bonchev–Trinajstić information content (AvgIpc) is 3.93. The molecule has 5 aliphatic heterocycles. The standard InChI is InChI=1S/C48H58N4O10S/c1-9-27-17-28-21-47(44(55)60-7,40-32(24-51(22-27)23-28)31-18-30(11-12-35(31)49-40)63-25-38(54)59-6)34-19-33-36(20-37(34)58-5)50(4)43-46(33)14-16-52-15-13-29(10-2)39(41(46)52)42(62-26(3)53)48(43,57)45(56)61-8/h11-13,17-20,28,39,41-43,49,57H,9-10,14-16,21-25H2,1-8H3/t28-,39?,41+,42-,43-,46-,47+,48-/m1/s1. The van der Waals surface area contributed by atoms with Gasteiger partial charge in [-0.1, -0.05) is 37.1 Å². The minimum absolute atomic E-state index is 0.0318. The number of rotatable bonds is 10. The first-order valence-electron chi connectivity index (χ1n) is 22.0. The van der Waals surface area contributed by atoms with Crippen LogP contribution in [0.15, 0.2) is 58.5 Å². The number of carbonyl (C=O) groups is 4. The number of likely N-dealkylation sites (N-methyl/N-ethyl adjacent to an activating group) is 1. The van der Waals surface area contributed by atoms with Gasteiger partial charge in [-0.15, -0.1) is 11.8 Å². The largest absolute Gasteiger partial charge is 0.496 e. The molecule has 1 saturated carbocycles. The van der Waals surface area contributed by atoms with Crippen LogP contribution < -0.4 is 9.64 Å². The summed E-state index contributed by atoms with van der Waals surface area (Å²) in [7, 11) is 7.53. The third-order valence-corrected chi connectivity index (χ3v) is 16.2. The van der Waals surface area contributed by atoms with Crippen LogP contribution in [0, 0.1) is 11.8 Å². The number of thioether (sulfide) groups is 1. The summed E-state index contributed by atoms with van der Waals surface area (Å²) in [6.07, 6.45) is 5.69. The zero-order chi connectivity index (χ0) is 44.7. The lowest BCUT2D eigenvalue weighted by Crippen LogP contribution is -2.78. The van der Waals surface area contributed by atoms with Gasteiger partial charge in [0.05, 0.1) is 40.2 Å². The van der Waals surface area contributed by atoms with E-state index in [0.717, 1.165) is 57.7 Å². The molecule has 2 N–H and O–H groups in total. The van der Waals surface area contributed by atoms with E-state index in [4.69, 9.17) is 23.7 Å². The van der Waals surface area contributed by atoms with Gasteiger partial charge in [0.25, 0.3) is 0 Å². The Labute approximate surface area is 372 Å². The highest BCUT2D eigenvalue weighted by molar-refractivity contribution is 8.00. The van der Waals surface area contributed by atoms with Crippen LogP contribution in [0.3, 0.4) is 0 Å². The quantitative estimate of drug-likeness (QED) is 0.121. The molecule has 0 radical (unpaired) electrons. The van der Waals surface area contributed by atoms with Crippen molar-refractivity contribution in [2.45, 2.75) is 92.5 Å². The van der Waals surface area contributed by atoms with E-state index in [1.54, 1.807) is 7.11 Å². The van der Waals surface area contributed by atoms with Gasteiger partial charge in [-0.2, -0.15) is 0 Å². The van der Waals surface area contributed by atoms with E-state index in [2.05, 4.69) is 46.0 Å². The lowest BCUT2D eigenvalue weighted by Gasteiger charge is -2.59. The van der Waals surface area contributed by atoms with Crippen LogP contribution >= 0.6 is 11.8 Å². The fraction of sp³-hybridized carbons (Fsp3) is 0.542. The number of benzene rings is 2. The molecule has 6 heterocycles. The van der Waals surface area contributed by atoms with Crippen molar-refractivity contribution >= 4 is 52.2 Å². The first-order chi connectivity index (χ1) is 30.2. The topological polar surface area (TPSA) is 160 Å². The van der Waals surface area contributed by atoms with E-state index in [9.17, 15) is 19.5 Å². The second-order valence-electron chi connectivity index (χ2n) is 18.1. The Morgan fingerprint density at radius 1 is 0.968 bits per heavy atom. The Bertz CT molecular complexity index is 2460. The number of aliphatic hydroxyl groups is 1. The lowest BCUT2D eigenvalue weighted by atomic mass is 9.52. The van der Waals surface area contributed by atoms with Crippen molar-refractivity contribution in [3.05, 3.63) is 76.0 Å². The average molecular weight is 883 g/mol. The SMILES string of the molecule is CCC1=C[C@H]2CN(C1)Cc1c([nH]c3ccc(SCC(=O)OC)cc13)[C@@](C(=O)OC)(c1cc3c(cc1OC)N(C)[C@H]1[C@@](O)(C(=O)OC)[C@H](OC(C)=O)C4C(CC)=CCN5CC[C@]31[C@H]45)C2. The molecule has 9 rings (SSSR count). The third kappa shape index (κ3) is 6.23. The van der Waals surface area contributed by atoms with Gasteiger partial charge in [0.1, 0.15) is 11.2 Å². The molecule has 2 aromatic carbocycles. The second-order valence-corrected chi connectivity index (χ2v) is 19.1. The maximum absolute atomic E-state index is 15.4. The van der Waals surface area contributed by atoms with Crippen molar-refractivity contribution in [2.75, 3.05) is 72.3 Å². The summed E-state index contributed by atoms with van der Waals surface area (Å²) in [6.45, 7) is 8.94. The summed E-state index contributed by atoms with van der Waals surface area (Å²) in [4.78, 5) is 66.4. The van der Waals surface area contributed by atoms with E-state index in [1.165, 1.54) is 45.6 Å². The first-order valence-corrected chi connectivity index (χ1v) is 23.0. The smallest absolute Gasteiger partial charge is 0.344 e. The molecule has 1 aromatic heterocycles. The number of carbonyl (C=O) groups excluding carboxylic acids is 4. The third-order valence-electron chi connectivity index (χ3n) is 15.2. The molecule has 1 saturated heterocycles. The summed E-state index contributed by atoms with van der Waals surface area (Å²) >= 11 is 1.40. The van der Waals surface area contributed by atoms with E-state index >= 15 is 4.79 Å². The predicted octanol–water partition coefficient (Wildman–Crippen LogP) is 5.02. The van der Waals surface area contributed by atoms with Crippen LogP contribution in [0.25, 0.3) is 10.9 Å². The van der Waals surface area contributed by atoms with Crippen LogP contribution in [-0.4, -0.2) is 135 Å². The van der Waals surface area contributed by atoms with Crippen molar-refractivity contribution < 1.29 is 48.0 Å². The summed E-state index contributed by atoms with van der Waals surface area (Å²) in [6, 6.07) is 8.91. The Balaban J connectivity index is 1.33. The van der Waals surface area contributed by atoms with Gasteiger partial charge >= 0.3 is 23.9 Å². The van der Waals surface area contributed by atoms with Crippen molar-refractivity contribution in [1.29, 1.82) is 0 Å². The second kappa shape index (κ2) is 16.0. The molecule has 2 unspecified atom stereocenters. The number of methoxy groups -OCH3 is 4. The predicted molar refractivity (Wildman–Crippen MR) is 237 cm³/mol. The number of aromatic nitrogens is 1. The highest BCUT2D eigenvalue weighted by Crippen LogP contribution is 2.65. The minimum atomic E-state index is -2.29. The van der Waals surface area contributed by atoms with Crippen molar-refractivity contribution in [1.82, 2.24) is 14.8 Å². The molecule has 14 nitrogen and oxygen atoms in total. The van der Waals surface area contributed by atoms with Crippen molar-refractivity contribution in [2.24, 2.45) is 11.8 Å². The Morgan fingerprint density at radius 2 is 1.75 bits per heavy atom. The van der Waals surface area contributed by atoms with Crippen LogP contribution in [0.1, 0.15) is 68.8 Å². The van der Waals surface area contributed by atoms with Crippen LogP contribution in [0.2, 0.25) is 0 Å². The fourth-order valence-corrected chi connectivity index (χ4v) is 13.7. The van der Waals surface area contributed by atoms with Gasteiger partial charge in [-0.05, 0) is 73.5 Å². The molecular formula is C48H58N4O10S. The molecule has 63 heavy (non-hydrogen) atoms. The number of esters is 4. The van der Waals surface area contributed by atoms with Gasteiger partial charge < -0.3 is 38.7 Å². The zero-order valence-electron chi connectivity index (χ0n) is 37.4. The minimum Gasteiger partial charge on any atom is -0.496 e. The van der Waals surface area contributed by atoms with Crippen molar-refractivity contribution in [3.8, 4) is 5.75 Å². The molecule has 2 fully saturated rings. The van der Waals surface area contributed by atoms with Gasteiger partial charge in [0.15, 0.2) is 6.10 Å². The Kier molecular flexibility index (Phi) is 11.0. The normalized spacial score (nSPS) is 31.6. The van der Waals surface area contributed by atoms with E-state index < -0.39 is 52.4 Å². The number of H-pyrrole nitrogens is 1. The van der Waals surface area contributed by atoms with Gasteiger partial charge in [-0.3, -0.25) is 24.2 Å². The number of fused-ring (bicyclic) bond motifs is 6.